The van der Waals surface area contributed by atoms with E-state index in [1.54, 1.807) is 12.4 Å². The molecule has 66 valence electrons. The van der Waals surface area contributed by atoms with Crippen molar-refractivity contribution in [3.63, 3.8) is 0 Å². The number of aromatic nitrogens is 3. The van der Waals surface area contributed by atoms with Crippen LogP contribution in [0.4, 0.5) is 0 Å². The van der Waals surface area contributed by atoms with Crippen molar-refractivity contribution in [2.45, 2.75) is 0 Å². The van der Waals surface area contributed by atoms with Crippen LogP contribution >= 0.6 is 15.9 Å². The minimum absolute atomic E-state index is 0.833. The lowest BCUT2D eigenvalue weighted by Crippen LogP contribution is -1.91. The first-order chi connectivity index (χ1) is 6.29. The Morgan fingerprint density at radius 3 is 2.54 bits per heavy atom. The Balaban J connectivity index is 2.53. The van der Waals surface area contributed by atoms with Crippen LogP contribution in [0.1, 0.15) is 0 Å². The largest absolute Gasteiger partial charge is 0.322 e. The van der Waals surface area contributed by atoms with Crippen LogP contribution in [-0.2, 0) is 7.05 Å². The maximum atomic E-state index is 4.15. The summed E-state index contributed by atoms with van der Waals surface area (Å²) in [6.45, 7) is 0. The van der Waals surface area contributed by atoms with E-state index in [4.69, 9.17) is 0 Å². The lowest BCUT2D eigenvalue weighted by Gasteiger charge is -2.01. The molecule has 0 radical (unpaired) electrons. The standard InChI is InChI=1S/C9H8BrN3/c1-13-8(6-12-9(13)10)7-2-4-11-5-3-7/h2-6H,1H3. The van der Waals surface area contributed by atoms with Crippen LogP contribution in [0.2, 0.25) is 0 Å². The van der Waals surface area contributed by atoms with E-state index in [0.29, 0.717) is 0 Å². The van der Waals surface area contributed by atoms with Gasteiger partial charge >= 0.3 is 0 Å². The van der Waals surface area contributed by atoms with E-state index >= 15 is 0 Å². The van der Waals surface area contributed by atoms with Gasteiger partial charge < -0.3 is 4.57 Å². The summed E-state index contributed by atoms with van der Waals surface area (Å²) in [5.41, 5.74) is 2.20. The summed E-state index contributed by atoms with van der Waals surface area (Å²) >= 11 is 3.35. The average molecular weight is 238 g/mol. The molecule has 0 aliphatic heterocycles. The third-order valence-electron chi connectivity index (χ3n) is 1.91. The molecule has 0 amide bonds. The fourth-order valence-electron chi connectivity index (χ4n) is 1.18. The van der Waals surface area contributed by atoms with Gasteiger partial charge in [0.25, 0.3) is 0 Å². The summed E-state index contributed by atoms with van der Waals surface area (Å²) in [5, 5.41) is 0. The molecule has 0 unspecified atom stereocenters. The third kappa shape index (κ3) is 1.49. The lowest BCUT2D eigenvalue weighted by atomic mass is 10.2. The van der Waals surface area contributed by atoms with Crippen LogP contribution in [-0.4, -0.2) is 14.5 Å². The summed E-state index contributed by atoms with van der Waals surface area (Å²) in [6.07, 6.45) is 5.38. The molecule has 3 nitrogen and oxygen atoms in total. The van der Waals surface area contributed by atoms with Gasteiger partial charge in [0.1, 0.15) is 0 Å². The second-order valence-electron chi connectivity index (χ2n) is 2.71. The van der Waals surface area contributed by atoms with Crippen molar-refractivity contribution in [1.82, 2.24) is 14.5 Å². The molecule has 0 N–H and O–H groups in total. The van der Waals surface area contributed by atoms with Gasteiger partial charge in [-0.1, -0.05) is 0 Å². The van der Waals surface area contributed by atoms with Crippen molar-refractivity contribution in [2.75, 3.05) is 0 Å². The summed E-state index contributed by atoms with van der Waals surface area (Å²) in [5.74, 6) is 0. The maximum Gasteiger partial charge on any atom is 0.177 e. The Morgan fingerprint density at radius 2 is 2.00 bits per heavy atom. The highest BCUT2D eigenvalue weighted by molar-refractivity contribution is 9.10. The Kier molecular flexibility index (Phi) is 2.14. The van der Waals surface area contributed by atoms with Crippen LogP contribution in [0.5, 0.6) is 0 Å². The highest BCUT2D eigenvalue weighted by Crippen LogP contribution is 2.20. The lowest BCUT2D eigenvalue weighted by molar-refractivity contribution is 0.888. The van der Waals surface area contributed by atoms with Crippen molar-refractivity contribution >= 4 is 15.9 Å². The molecule has 0 atom stereocenters. The average Bonchev–Trinajstić information content (AvgIpc) is 2.49. The summed E-state index contributed by atoms with van der Waals surface area (Å²) in [6, 6.07) is 3.92. The molecule has 2 heterocycles. The molecule has 2 rings (SSSR count). The van der Waals surface area contributed by atoms with Gasteiger partial charge in [-0.2, -0.15) is 0 Å². The SMILES string of the molecule is Cn1c(-c2ccncc2)cnc1Br. The van der Waals surface area contributed by atoms with Gasteiger partial charge in [0.05, 0.1) is 11.9 Å². The number of hydrogen-bond donors (Lipinski definition) is 0. The second-order valence-corrected chi connectivity index (χ2v) is 3.42. The monoisotopic (exact) mass is 237 g/mol. The Hall–Kier alpha value is -1.16. The molecule has 0 saturated carbocycles. The zero-order valence-corrected chi connectivity index (χ0v) is 8.69. The molecule has 0 spiro atoms. The zero-order valence-electron chi connectivity index (χ0n) is 7.11. The fourth-order valence-corrected chi connectivity index (χ4v) is 1.47. The Morgan fingerprint density at radius 1 is 1.31 bits per heavy atom. The van der Waals surface area contributed by atoms with E-state index in [2.05, 4.69) is 25.9 Å². The first kappa shape index (κ1) is 8.44. The third-order valence-corrected chi connectivity index (χ3v) is 2.64. The fraction of sp³-hybridized carbons (Fsp3) is 0.111. The van der Waals surface area contributed by atoms with Gasteiger partial charge in [-0.25, -0.2) is 4.98 Å². The van der Waals surface area contributed by atoms with Crippen molar-refractivity contribution in [3.8, 4) is 11.3 Å². The molecule has 0 bridgehead atoms. The smallest absolute Gasteiger partial charge is 0.177 e. The minimum Gasteiger partial charge on any atom is -0.322 e. The van der Waals surface area contributed by atoms with E-state index in [-0.39, 0.29) is 0 Å². The van der Waals surface area contributed by atoms with Crippen LogP contribution in [0, 0.1) is 0 Å². The normalized spacial score (nSPS) is 10.3. The highest BCUT2D eigenvalue weighted by Gasteiger charge is 2.04. The molecule has 0 aromatic carbocycles. The Bertz CT molecular complexity index is 408. The van der Waals surface area contributed by atoms with Crippen LogP contribution in [0.3, 0.4) is 0 Å². The minimum atomic E-state index is 0.833. The molecular weight excluding hydrogens is 230 g/mol. The number of pyridine rings is 1. The van der Waals surface area contributed by atoms with E-state index in [9.17, 15) is 0 Å². The summed E-state index contributed by atoms with van der Waals surface area (Å²) in [4.78, 5) is 8.12. The molecule has 0 aliphatic rings. The number of nitrogens with zero attached hydrogens (tertiary/aromatic N) is 3. The predicted molar refractivity (Wildman–Crippen MR) is 54.1 cm³/mol. The summed E-state index contributed by atoms with van der Waals surface area (Å²) in [7, 11) is 1.97. The molecule has 2 aromatic heterocycles. The van der Waals surface area contributed by atoms with Gasteiger partial charge in [-0.05, 0) is 28.1 Å². The van der Waals surface area contributed by atoms with Crippen molar-refractivity contribution in [1.29, 1.82) is 0 Å². The number of imidazole rings is 1. The molecule has 2 aromatic rings. The molecule has 0 saturated heterocycles. The number of halogens is 1. The first-order valence-electron chi connectivity index (χ1n) is 3.86. The van der Waals surface area contributed by atoms with Crippen molar-refractivity contribution in [3.05, 3.63) is 35.5 Å². The highest BCUT2D eigenvalue weighted by atomic mass is 79.9. The van der Waals surface area contributed by atoms with Gasteiger partial charge in [-0.3, -0.25) is 4.98 Å². The van der Waals surface area contributed by atoms with Gasteiger partial charge in [0, 0.05) is 25.0 Å². The summed E-state index contributed by atoms with van der Waals surface area (Å²) < 4.78 is 2.81. The Labute approximate surface area is 84.6 Å². The van der Waals surface area contributed by atoms with Crippen molar-refractivity contribution < 1.29 is 0 Å². The molecular formula is C9H8BrN3. The molecule has 4 heteroatoms. The topological polar surface area (TPSA) is 30.7 Å². The van der Waals surface area contributed by atoms with Gasteiger partial charge in [0.2, 0.25) is 0 Å². The maximum absolute atomic E-state index is 4.15. The second kappa shape index (κ2) is 3.30. The molecule has 0 fully saturated rings. The van der Waals surface area contributed by atoms with E-state index in [1.165, 1.54) is 0 Å². The van der Waals surface area contributed by atoms with Crippen LogP contribution in [0.15, 0.2) is 35.5 Å². The molecule has 0 aliphatic carbocycles. The number of hydrogen-bond acceptors (Lipinski definition) is 2. The van der Waals surface area contributed by atoms with E-state index in [0.717, 1.165) is 16.0 Å². The van der Waals surface area contributed by atoms with E-state index < -0.39 is 0 Å². The van der Waals surface area contributed by atoms with Gasteiger partial charge in [0.15, 0.2) is 4.73 Å². The first-order valence-corrected chi connectivity index (χ1v) is 4.66. The molecule has 13 heavy (non-hydrogen) atoms. The van der Waals surface area contributed by atoms with Crippen molar-refractivity contribution in [2.24, 2.45) is 7.05 Å². The number of rotatable bonds is 1. The predicted octanol–water partition coefficient (Wildman–Crippen LogP) is 2.24. The van der Waals surface area contributed by atoms with Crippen LogP contribution < -0.4 is 0 Å². The van der Waals surface area contributed by atoms with Crippen LogP contribution in [0.25, 0.3) is 11.3 Å². The quantitative estimate of drug-likeness (QED) is 0.762. The zero-order chi connectivity index (χ0) is 9.26. The van der Waals surface area contributed by atoms with Gasteiger partial charge in [-0.15, -0.1) is 0 Å². The van der Waals surface area contributed by atoms with E-state index in [1.807, 2.05) is 29.9 Å².